The lowest BCUT2D eigenvalue weighted by Crippen LogP contribution is -2.05. The number of hydrogen-bond acceptors (Lipinski definition) is 4. The minimum Gasteiger partial charge on any atom is -0.507 e. The summed E-state index contributed by atoms with van der Waals surface area (Å²) in [5.41, 5.74) is 2.12. The van der Waals surface area contributed by atoms with Gasteiger partial charge < -0.3 is 14.6 Å². The molecule has 0 aliphatic rings. The molecule has 0 saturated carbocycles. The van der Waals surface area contributed by atoms with Gasteiger partial charge in [0, 0.05) is 16.1 Å². The molecule has 0 bridgehead atoms. The second-order valence-corrected chi connectivity index (χ2v) is 5.73. The van der Waals surface area contributed by atoms with Crippen LogP contribution in [0.5, 0.6) is 17.2 Å². The predicted molar refractivity (Wildman–Crippen MR) is 95.5 cm³/mol. The average molecular weight is 347 g/mol. The van der Waals surface area contributed by atoms with E-state index in [-0.39, 0.29) is 17.1 Å². The van der Waals surface area contributed by atoms with E-state index < -0.39 is 0 Å². The van der Waals surface area contributed by atoms with E-state index in [1.54, 1.807) is 44.2 Å². The number of hydrogen-bond donors (Lipinski definition) is 1. The van der Waals surface area contributed by atoms with Crippen molar-refractivity contribution in [3.63, 3.8) is 0 Å². The molecule has 0 radical (unpaired) electrons. The van der Waals surface area contributed by atoms with Crippen molar-refractivity contribution in [3.8, 4) is 17.2 Å². The molecule has 24 heavy (non-hydrogen) atoms. The van der Waals surface area contributed by atoms with Gasteiger partial charge in [-0.3, -0.25) is 4.79 Å². The summed E-state index contributed by atoms with van der Waals surface area (Å²) in [4.78, 5) is 12.6. The van der Waals surface area contributed by atoms with E-state index >= 15 is 0 Å². The molecule has 4 nitrogen and oxygen atoms in total. The maximum Gasteiger partial charge on any atom is 0.193 e. The molecule has 2 aromatic carbocycles. The third kappa shape index (κ3) is 3.39. The van der Waals surface area contributed by atoms with Crippen LogP contribution < -0.4 is 9.47 Å². The standard InChI is InChI=1S/C19H19ClO4/c1-11-17(22)16(19(24-4)12(2)18(11)23-3)15(21)10-7-13-5-8-14(20)9-6-13/h5-10,22H,1-4H3/b10-7+. The van der Waals surface area contributed by atoms with Crippen LogP contribution in [0, 0.1) is 13.8 Å². The Morgan fingerprint density at radius 3 is 2.17 bits per heavy atom. The van der Waals surface area contributed by atoms with Crippen molar-refractivity contribution in [2.24, 2.45) is 0 Å². The van der Waals surface area contributed by atoms with Crippen molar-refractivity contribution in [1.29, 1.82) is 0 Å². The predicted octanol–water partition coefficient (Wildman–Crippen LogP) is 4.58. The largest absolute Gasteiger partial charge is 0.507 e. The quantitative estimate of drug-likeness (QED) is 0.636. The van der Waals surface area contributed by atoms with Crippen molar-refractivity contribution < 1.29 is 19.4 Å². The molecular weight excluding hydrogens is 328 g/mol. The maximum atomic E-state index is 12.6. The summed E-state index contributed by atoms with van der Waals surface area (Å²) in [6.07, 6.45) is 3.05. The highest BCUT2D eigenvalue weighted by Crippen LogP contribution is 2.42. The van der Waals surface area contributed by atoms with E-state index in [2.05, 4.69) is 0 Å². The van der Waals surface area contributed by atoms with Gasteiger partial charge in [0.1, 0.15) is 22.8 Å². The minimum absolute atomic E-state index is 0.124. The summed E-state index contributed by atoms with van der Waals surface area (Å²) in [6.45, 7) is 3.48. The Morgan fingerprint density at radius 2 is 1.62 bits per heavy atom. The number of phenolic OH excluding ortho intramolecular Hbond substituents is 1. The van der Waals surface area contributed by atoms with Crippen LogP contribution in [0.4, 0.5) is 0 Å². The van der Waals surface area contributed by atoms with Gasteiger partial charge in [0.2, 0.25) is 0 Å². The van der Waals surface area contributed by atoms with E-state index in [4.69, 9.17) is 21.1 Å². The molecule has 0 spiro atoms. The highest BCUT2D eigenvalue weighted by Gasteiger charge is 2.24. The third-order valence-electron chi connectivity index (χ3n) is 3.79. The monoisotopic (exact) mass is 346 g/mol. The van der Waals surface area contributed by atoms with Crippen LogP contribution in [0.1, 0.15) is 27.0 Å². The number of halogens is 1. The zero-order valence-electron chi connectivity index (χ0n) is 14.0. The number of aromatic hydroxyl groups is 1. The van der Waals surface area contributed by atoms with Gasteiger partial charge in [0.25, 0.3) is 0 Å². The smallest absolute Gasteiger partial charge is 0.193 e. The molecule has 0 amide bonds. The van der Waals surface area contributed by atoms with E-state index in [0.717, 1.165) is 5.56 Å². The van der Waals surface area contributed by atoms with Crippen LogP contribution in [-0.2, 0) is 0 Å². The lowest BCUT2D eigenvalue weighted by molar-refractivity contribution is 0.104. The topological polar surface area (TPSA) is 55.8 Å². The molecule has 0 aliphatic heterocycles. The molecule has 2 aromatic rings. The molecule has 1 N–H and O–H groups in total. The van der Waals surface area contributed by atoms with E-state index in [9.17, 15) is 9.90 Å². The number of ketones is 1. The second kappa shape index (κ2) is 7.41. The molecule has 126 valence electrons. The van der Waals surface area contributed by atoms with Gasteiger partial charge in [0.15, 0.2) is 5.78 Å². The van der Waals surface area contributed by atoms with Gasteiger partial charge in [-0.2, -0.15) is 0 Å². The summed E-state index contributed by atoms with van der Waals surface area (Å²) >= 11 is 5.84. The first-order chi connectivity index (χ1) is 11.4. The van der Waals surface area contributed by atoms with E-state index in [1.807, 2.05) is 0 Å². The molecule has 0 fully saturated rings. The SMILES string of the molecule is COc1c(C)c(O)c(C(=O)/C=C/c2ccc(Cl)cc2)c(OC)c1C. The van der Waals surface area contributed by atoms with Crippen molar-refractivity contribution in [2.45, 2.75) is 13.8 Å². The zero-order chi connectivity index (χ0) is 17.9. The Hall–Kier alpha value is -2.46. The highest BCUT2D eigenvalue weighted by atomic mass is 35.5. The van der Waals surface area contributed by atoms with Gasteiger partial charge in [0.05, 0.1) is 14.2 Å². The molecular formula is C19H19ClO4. The van der Waals surface area contributed by atoms with E-state index in [0.29, 0.717) is 27.6 Å². The lowest BCUT2D eigenvalue weighted by Gasteiger charge is -2.17. The lowest BCUT2D eigenvalue weighted by atomic mass is 9.98. The molecule has 2 rings (SSSR count). The van der Waals surface area contributed by atoms with Gasteiger partial charge in [-0.1, -0.05) is 29.8 Å². The van der Waals surface area contributed by atoms with Crippen LogP contribution in [0.3, 0.4) is 0 Å². The Morgan fingerprint density at radius 1 is 1.04 bits per heavy atom. The number of benzene rings is 2. The van der Waals surface area contributed by atoms with Gasteiger partial charge in [-0.25, -0.2) is 0 Å². The summed E-state index contributed by atoms with van der Waals surface area (Å²) in [5, 5.41) is 11.0. The van der Waals surface area contributed by atoms with Crippen LogP contribution in [0.15, 0.2) is 30.3 Å². The first-order valence-electron chi connectivity index (χ1n) is 7.32. The average Bonchev–Trinajstić information content (AvgIpc) is 2.57. The van der Waals surface area contributed by atoms with Crippen molar-refractivity contribution >= 4 is 23.5 Å². The first-order valence-corrected chi connectivity index (χ1v) is 7.70. The Balaban J connectivity index is 2.47. The Bertz CT molecular complexity index is 792. The zero-order valence-corrected chi connectivity index (χ0v) is 14.8. The molecule has 0 saturated heterocycles. The maximum absolute atomic E-state index is 12.6. The van der Waals surface area contributed by atoms with Gasteiger partial charge in [-0.15, -0.1) is 0 Å². The third-order valence-corrected chi connectivity index (χ3v) is 4.04. The van der Waals surface area contributed by atoms with Crippen molar-refractivity contribution in [2.75, 3.05) is 14.2 Å². The van der Waals surface area contributed by atoms with Crippen molar-refractivity contribution in [1.82, 2.24) is 0 Å². The van der Waals surface area contributed by atoms with Crippen LogP contribution in [0.25, 0.3) is 6.08 Å². The number of methoxy groups -OCH3 is 2. The van der Waals surface area contributed by atoms with Gasteiger partial charge in [-0.05, 0) is 37.6 Å². The number of carbonyl (C=O) groups is 1. The molecule has 0 unspecified atom stereocenters. The first kappa shape index (κ1) is 17.9. The fraction of sp³-hybridized carbons (Fsp3) is 0.211. The summed E-state index contributed by atoms with van der Waals surface area (Å²) < 4.78 is 10.6. The summed E-state index contributed by atoms with van der Waals surface area (Å²) in [6, 6.07) is 7.08. The Labute approximate surface area is 146 Å². The van der Waals surface area contributed by atoms with Crippen LogP contribution in [-0.4, -0.2) is 25.1 Å². The number of rotatable bonds is 5. The second-order valence-electron chi connectivity index (χ2n) is 5.29. The van der Waals surface area contributed by atoms with Crippen LogP contribution in [0.2, 0.25) is 5.02 Å². The van der Waals surface area contributed by atoms with Crippen molar-refractivity contribution in [3.05, 3.63) is 57.6 Å². The number of phenols is 1. The van der Waals surface area contributed by atoms with E-state index in [1.165, 1.54) is 20.3 Å². The Kier molecular flexibility index (Phi) is 5.52. The fourth-order valence-corrected chi connectivity index (χ4v) is 2.72. The molecule has 0 heterocycles. The molecule has 0 aromatic heterocycles. The normalized spacial score (nSPS) is 10.9. The molecule has 0 atom stereocenters. The highest BCUT2D eigenvalue weighted by molar-refractivity contribution is 6.30. The summed E-state index contributed by atoms with van der Waals surface area (Å²) in [5.74, 6) is 0.316. The number of ether oxygens (including phenoxy) is 2. The van der Waals surface area contributed by atoms with Crippen LogP contribution >= 0.6 is 11.6 Å². The number of carbonyl (C=O) groups excluding carboxylic acids is 1. The fourth-order valence-electron chi connectivity index (χ4n) is 2.59. The molecule has 0 aliphatic carbocycles. The number of allylic oxidation sites excluding steroid dienone is 1. The minimum atomic E-state index is -0.354. The molecule has 5 heteroatoms. The van der Waals surface area contributed by atoms with Gasteiger partial charge >= 0.3 is 0 Å². The summed E-state index contributed by atoms with van der Waals surface area (Å²) in [7, 11) is 2.96.